The van der Waals surface area contributed by atoms with Crippen LogP contribution in [0, 0.1) is 16.0 Å². The number of nitrogens with one attached hydrogen (secondary N) is 1. The summed E-state index contributed by atoms with van der Waals surface area (Å²) in [5, 5.41) is 24.1. The van der Waals surface area contributed by atoms with Crippen LogP contribution >= 0.6 is 0 Å². The highest BCUT2D eigenvalue weighted by Gasteiger charge is 2.33. The van der Waals surface area contributed by atoms with E-state index < -0.39 is 40.3 Å². The highest BCUT2D eigenvalue weighted by molar-refractivity contribution is 5.77. The number of carboxylic acid groups (broad SMARTS) is 1. The normalized spacial score (nSPS) is 13.0. The minimum absolute atomic E-state index is 0.309. The first-order chi connectivity index (χ1) is 9.54. The van der Waals surface area contributed by atoms with Crippen molar-refractivity contribution in [3.63, 3.8) is 0 Å². The number of halogens is 3. The second-order valence-electron chi connectivity index (χ2n) is 4.67. The number of hydrogen-bond donors (Lipinski definition) is 1. The molecule has 21 heavy (non-hydrogen) atoms. The number of benzene rings is 1. The first-order valence-electron chi connectivity index (χ1n) is 5.87. The Morgan fingerprint density at radius 1 is 1.33 bits per heavy atom. The van der Waals surface area contributed by atoms with E-state index in [0.29, 0.717) is 12.1 Å². The lowest BCUT2D eigenvalue weighted by molar-refractivity contribution is -0.384. The Bertz CT molecular complexity index is 558. The van der Waals surface area contributed by atoms with Crippen LogP contribution in [0.5, 0.6) is 0 Å². The minimum Gasteiger partial charge on any atom is -0.548 e. The van der Waals surface area contributed by atoms with Crippen molar-refractivity contribution in [3.8, 4) is 0 Å². The van der Waals surface area contributed by atoms with E-state index in [-0.39, 0.29) is 5.69 Å². The average Bonchev–Trinajstić information content (AvgIpc) is 2.33. The molecule has 1 atom stereocenters. The first-order valence-corrected chi connectivity index (χ1v) is 5.87. The number of hydrogen-bond acceptors (Lipinski definition) is 5. The van der Waals surface area contributed by atoms with Crippen LogP contribution in [0.25, 0.3) is 0 Å². The van der Waals surface area contributed by atoms with Gasteiger partial charge < -0.3 is 15.2 Å². The molecular formula is C12H12F3N2O4-. The molecule has 116 valence electrons. The van der Waals surface area contributed by atoms with Gasteiger partial charge in [-0.3, -0.25) is 10.1 Å². The summed E-state index contributed by atoms with van der Waals surface area (Å²) in [5.74, 6) is -1.98. The molecule has 0 unspecified atom stereocenters. The Hall–Kier alpha value is -2.32. The summed E-state index contributed by atoms with van der Waals surface area (Å²) >= 11 is 0. The molecule has 0 aromatic heterocycles. The topological polar surface area (TPSA) is 95.3 Å². The van der Waals surface area contributed by atoms with Crippen LogP contribution < -0.4 is 10.4 Å². The quantitative estimate of drug-likeness (QED) is 0.661. The number of nitro benzene ring substituents is 1. The summed E-state index contributed by atoms with van der Waals surface area (Å²) in [4.78, 5) is 20.8. The van der Waals surface area contributed by atoms with Crippen molar-refractivity contribution in [2.75, 3.05) is 5.32 Å². The van der Waals surface area contributed by atoms with Crippen molar-refractivity contribution >= 4 is 17.3 Å². The number of anilines is 1. The minimum atomic E-state index is -4.73. The van der Waals surface area contributed by atoms with Crippen molar-refractivity contribution in [3.05, 3.63) is 33.9 Å². The van der Waals surface area contributed by atoms with Crippen LogP contribution in [0.3, 0.4) is 0 Å². The maximum Gasteiger partial charge on any atom is 0.416 e. The van der Waals surface area contributed by atoms with E-state index in [4.69, 9.17) is 0 Å². The number of aliphatic carboxylic acids is 1. The summed E-state index contributed by atoms with van der Waals surface area (Å²) < 4.78 is 37.6. The smallest absolute Gasteiger partial charge is 0.416 e. The zero-order valence-electron chi connectivity index (χ0n) is 11.1. The van der Waals surface area contributed by atoms with Gasteiger partial charge in [0.25, 0.3) is 5.69 Å². The number of nitrogens with zero attached hydrogens (tertiary/aromatic N) is 1. The molecule has 0 spiro atoms. The van der Waals surface area contributed by atoms with Gasteiger partial charge in [-0.05, 0) is 18.1 Å². The van der Waals surface area contributed by atoms with Crippen molar-refractivity contribution in [1.82, 2.24) is 0 Å². The van der Waals surface area contributed by atoms with Gasteiger partial charge in [-0.1, -0.05) is 13.8 Å². The summed E-state index contributed by atoms with van der Waals surface area (Å²) in [6, 6.07) is 0.566. The molecule has 0 bridgehead atoms. The molecule has 1 aromatic carbocycles. The van der Waals surface area contributed by atoms with Crippen LogP contribution in [0.1, 0.15) is 19.4 Å². The molecule has 0 amide bonds. The van der Waals surface area contributed by atoms with Gasteiger partial charge in [0.05, 0.1) is 22.5 Å². The van der Waals surface area contributed by atoms with Crippen molar-refractivity contribution in [1.29, 1.82) is 0 Å². The molecule has 0 heterocycles. The van der Waals surface area contributed by atoms with Crippen LogP contribution in [-0.2, 0) is 11.0 Å². The molecule has 0 aliphatic carbocycles. The summed E-state index contributed by atoms with van der Waals surface area (Å²) in [6.45, 7) is 3.06. The zero-order chi connectivity index (χ0) is 16.4. The van der Waals surface area contributed by atoms with Gasteiger partial charge in [0.1, 0.15) is 5.69 Å². The molecule has 0 saturated carbocycles. The maximum absolute atomic E-state index is 12.5. The van der Waals surface area contributed by atoms with Gasteiger partial charge in [0.15, 0.2) is 0 Å². The molecule has 0 fully saturated rings. The SMILES string of the molecule is CC(C)[C@H](Nc1ccc(C(F)(F)F)cc1[N+](=O)[O-])C(=O)[O-]. The molecule has 0 aliphatic rings. The number of carboxylic acids is 1. The molecule has 1 N–H and O–H groups in total. The van der Waals surface area contributed by atoms with Gasteiger partial charge in [0.2, 0.25) is 0 Å². The second-order valence-corrected chi connectivity index (χ2v) is 4.67. The van der Waals surface area contributed by atoms with Crippen LogP contribution in [0.2, 0.25) is 0 Å². The van der Waals surface area contributed by atoms with Gasteiger partial charge in [0, 0.05) is 6.07 Å². The fourth-order valence-electron chi connectivity index (χ4n) is 1.65. The Morgan fingerprint density at radius 2 is 1.90 bits per heavy atom. The summed E-state index contributed by atoms with van der Waals surface area (Å²) in [6.07, 6.45) is -4.73. The third-order valence-electron chi connectivity index (χ3n) is 2.75. The number of alkyl halides is 3. The van der Waals surface area contributed by atoms with Gasteiger partial charge in [-0.15, -0.1) is 0 Å². The van der Waals surface area contributed by atoms with Crippen LogP contribution in [-0.4, -0.2) is 16.9 Å². The van der Waals surface area contributed by atoms with E-state index in [1.165, 1.54) is 13.8 Å². The highest BCUT2D eigenvalue weighted by Crippen LogP contribution is 2.35. The van der Waals surface area contributed by atoms with Gasteiger partial charge >= 0.3 is 6.18 Å². The van der Waals surface area contributed by atoms with Crippen molar-refractivity contribution in [2.45, 2.75) is 26.1 Å². The van der Waals surface area contributed by atoms with E-state index in [9.17, 15) is 33.2 Å². The molecule has 0 saturated heterocycles. The van der Waals surface area contributed by atoms with Gasteiger partial charge in [-0.25, -0.2) is 0 Å². The fourth-order valence-corrected chi connectivity index (χ4v) is 1.65. The Kier molecular flexibility index (Phi) is 4.77. The third kappa shape index (κ3) is 4.07. The predicted molar refractivity (Wildman–Crippen MR) is 65.4 cm³/mol. The Labute approximate surface area is 117 Å². The van der Waals surface area contributed by atoms with E-state index in [0.717, 1.165) is 6.07 Å². The largest absolute Gasteiger partial charge is 0.548 e. The lowest BCUT2D eigenvalue weighted by Crippen LogP contribution is -2.44. The highest BCUT2D eigenvalue weighted by atomic mass is 19.4. The molecule has 0 aliphatic heterocycles. The average molecular weight is 305 g/mol. The number of carbonyl (C=O) groups is 1. The van der Waals surface area contributed by atoms with Crippen molar-refractivity contribution < 1.29 is 28.0 Å². The monoisotopic (exact) mass is 305 g/mol. The molecule has 9 heteroatoms. The van der Waals surface area contributed by atoms with Gasteiger partial charge in [-0.2, -0.15) is 13.2 Å². The summed E-state index contributed by atoms with van der Waals surface area (Å²) in [5.41, 5.74) is -2.35. The Morgan fingerprint density at radius 3 is 2.29 bits per heavy atom. The molecule has 0 radical (unpaired) electrons. The van der Waals surface area contributed by atoms with Crippen molar-refractivity contribution in [2.24, 2.45) is 5.92 Å². The number of carbonyl (C=O) groups excluding carboxylic acids is 1. The lowest BCUT2D eigenvalue weighted by atomic mass is 10.0. The van der Waals surface area contributed by atoms with E-state index in [1.54, 1.807) is 0 Å². The standard InChI is InChI=1S/C12H13F3N2O4/c1-6(2)10(11(18)19)16-8-4-3-7(12(13,14)15)5-9(8)17(20)21/h3-6,10,16H,1-2H3,(H,18,19)/p-1/t10-/m0/s1. The molecule has 1 rings (SSSR count). The molecule has 1 aromatic rings. The third-order valence-corrected chi connectivity index (χ3v) is 2.75. The molecular weight excluding hydrogens is 293 g/mol. The lowest BCUT2D eigenvalue weighted by Gasteiger charge is -2.24. The second kappa shape index (κ2) is 5.98. The maximum atomic E-state index is 12.5. The van der Waals surface area contributed by atoms with E-state index in [2.05, 4.69) is 5.32 Å². The van der Waals surface area contributed by atoms with Crippen LogP contribution in [0.15, 0.2) is 18.2 Å². The van der Waals surface area contributed by atoms with E-state index >= 15 is 0 Å². The first kappa shape index (κ1) is 16.7. The summed E-state index contributed by atoms with van der Waals surface area (Å²) in [7, 11) is 0. The Balaban J connectivity index is 3.24. The molecule has 6 nitrogen and oxygen atoms in total. The number of nitro groups is 1. The van der Waals surface area contributed by atoms with E-state index in [1.807, 2.05) is 0 Å². The zero-order valence-corrected chi connectivity index (χ0v) is 11.1. The van der Waals surface area contributed by atoms with Crippen LogP contribution in [0.4, 0.5) is 24.5 Å². The number of rotatable bonds is 5. The predicted octanol–water partition coefficient (Wildman–Crippen LogP) is 1.80. The fraction of sp³-hybridized carbons (Fsp3) is 0.417.